The fourth-order valence-electron chi connectivity index (χ4n) is 2.98. The summed E-state index contributed by atoms with van der Waals surface area (Å²) in [7, 11) is 0. The molecule has 0 radical (unpaired) electrons. The Morgan fingerprint density at radius 3 is 2.90 bits per heavy atom. The van der Waals surface area contributed by atoms with E-state index in [0.717, 1.165) is 17.6 Å². The second-order valence-electron chi connectivity index (χ2n) is 5.48. The number of carbonyl (C=O) groups is 1. The summed E-state index contributed by atoms with van der Waals surface area (Å²) in [5.41, 5.74) is 2.52. The van der Waals surface area contributed by atoms with Crippen LogP contribution in [-0.2, 0) is 20.9 Å². The van der Waals surface area contributed by atoms with Crippen LogP contribution in [0.4, 0.5) is 0 Å². The Hall–Kier alpha value is -2.07. The van der Waals surface area contributed by atoms with Crippen LogP contribution in [0, 0.1) is 11.8 Å². The molecular formula is C17H18O4. The van der Waals surface area contributed by atoms with Crippen molar-refractivity contribution in [2.45, 2.75) is 26.2 Å². The molecule has 3 rings (SSSR count). The lowest BCUT2D eigenvalue weighted by atomic mass is 9.84. The molecule has 4 nitrogen and oxygen atoms in total. The Bertz CT molecular complexity index is 588. The van der Waals surface area contributed by atoms with Crippen molar-refractivity contribution >= 4 is 5.97 Å². The van der Waals surface area contributed by atoms with Crippen molar-refractivity contribution in [3.8, 4) is 0 Å². The summed E-state index contributed by atoms with van der Waals surface area (Å²) in [5.74, 6) is -0.560. The summed E-state index contributed by atoms with van der Waals surface area (Å²) in [6.45, 7) is 2.19. The minimum absolute atomic E-state index is 0.0444. The molecule has 1 aromatic carbocycles. The number of aliphatic hydroxyl groups excluding tert-OH is 1. The second kappa shape index (κ2) is 5.74. The zero-order valence-corrected chi connectivity index (χ0v) is 11.9. The highest BCUT2D eigenvalue weighted by Crippen LogP contribution is 2.42. The van der Waals surface area contributed by atoms with Gasteiger partial charge < -0.3 is 14.6 Å². The van der Waals surface area contributed by atoms with Gasteiger partial charge in [-0.3, -0.25) is 0 Å². The monoisotopic (exact) mass is 286 g/mol. The Kier molecular flexibility index (Phi) is 3.80. The molecule has 1 N–H and O–H groups in total. The van der Waals surface area contributed by atoms with E-state index >= 15 is 0 Å². The van der Waals surface area contributed by atoms with Gasteiger partial charge >= 0.3 is 5.97 Å². The van der Waals surface area contributed by atoms with Gasteiger partial charge in [-0.2, -0.15) is 0 Å². The first kappa shape index (κ1) is 13.9. The van der Waals surface area contributed by atoms with Crippen molar-refractivity contribution in [3.63, 3.8) is 0 Å². The fraction of sp³-hybridized carbons (Fsp3) is 0.353. The van der Waals surface area contributed by atoms with Crippen LogP contribution in [0.3, 0.4) is 0 Å². The molecule has 21 heavy (non-hydrogen) atoms. The molecule has 1 aliphatic carbocycles. The maximum Gasteiger partial charge on any atom is 0.337 e. The van der Waals surface area contributed by atoms with E-state index in [-0.39, 0.29) is 24.4 Å². The molecule has 2 aliphatic rings. The Morgan fingerprint density at radius 1 is 1.38 bits per heavy atom. The average Bonchev–Trinajstić information content (AvgIpc) is 2.89. The van der Waals surface area contributed by atoms with Crippen LogP contribution in [0.15, 0.2) is 53.8 Å². The van der Waals surface area contributed by atoms with Crippen molar-refractivity contribution in [1.82, 2.24) is 0 Å². The zero-order chi connectivity index (χ0) is 14.8. The maximum atomic E-state index is 12.3. The van der Waals surface area contributed by atoms with Crippen LogP contribution in [0.25, 0.3) is 0 Å². The van der Waals surface area contributed by atoms with Gasteiger partial charge in [0, 0.05) is 11.8 Å². The molecule has 1 aromatic rings. The molecule has 0 saturated heterocycles. The largest absolute Gasteiger partial charge is 0.472 e. The van der Waals surface area contributed by atoms with Crippen LogP contribution < -0.4 is 0 Å². The number of hydrogen-bond donors (Lipinski definition) is 1. The van der Waals surface area contributed by atoms with Crippen molar-refractivity contribution in [3.05, 3.63) is 59.4 Å². The summed E-state index contributed by atoms with van der Waals surface area (Å²) in [5, 5.41) is 9.90. The highest BCUT2D eigenvalue weighted by Gasteiger charge is 2.42. The zero-order valence-electron chi connectivity index (χ0n) is 11.9. The van der Waals surface area contributed by atoms with Crippen molar-refractivity contribution < 1.29 is 19.4 Å². The Balaban J connectivity index is 1.68. The molecule has 1 aliphatic heterocycles. The Morgan fingerprint density at radius 2 is 2.14 bits per heavy atom. The van der Waals surface area contributed by atoms with Crippen LogP contribution in [0.1, 0.15) is 18.9 Å². The molecule has 110 valence electrons. The van der Waals surface area contributed by atoms with Crippen LogP contribution in [0.2, 0.25) is 0 Å². The van der Waals surface area contributed by atoms with E-state index in [4.69, 9.17) is 9.47 Å². The van der Waals surface area contributed by atoms with E-state index in [1.807, 2.05) is 43.3 Å². The molecule has 1 unspecified atom stereocenters. The number of esters is 1. The number of hydrogen-bond acceptors (Lipinski definition) is 4. The minimum atomic E-state index is -0.876. The van der Waals surface area contributed by atoms with E-state index in [1.54, 1.807) is 0 Å². The van der Waals surface area contributed by atoms with Crippen molar-refractivity contribution in [2.24, 2.45) is 11.8 Å². The van der Waals surface area contributed by atoms with Gasteiger partial charge in [-0.05, 0) is 18.9 Å². The number of rotatable bonds is 3. The van der Waals surface area contributed by atoms with Crippen LogP contribution >= 0.6 is 0 Å². The lowest BCUT2D eigenvalue weighted by Gasteiger charge is -2.31. The Labute approximate surface area is 123 Å². The third-order valence-corrected chi connectivity index (χ3v) is 4.14. The molecule has 0 aromatic heterocycles. The molecule has 0 spiro atoms. The van der Waals surface area contributed by atoms with Gasteiger partial charge in [0.25, 0.3) is 0 Å². The lowest BCUT2D eigenvalue weighted by Crippen LogP contribution is -2.34. The van der Waals surface area contributed by atoms with Gasteiger partial charge in [0.15, 0.2) is 0 Å². The van der Waals surface area contributed by atoms with E-state index in [1.165, 1.54) is 6.26 Å². The van der Waals surface area contributed by atoms with E-state index in [0.29, 0.717) is 5.57 Å². The van der Waals surface area contributed by atoms with Gasteiger partial charge in [0.1, 0.15) is 6.61 Å². The third-order valence-electron chi connectivity index (χ3n) is 4.14. The number of carbonyl (C=O) groups excluding carboxylic acids is 1. The van der Waals surface area contributed by atoms with Crippen LogP contribution in [-0.4, -0.2) is 17.4 Å². The summed E-state index contributed by atoms with van der Waals surface area (Å²) in [6.07, 6.45) is 3.26. The highest BCUT2D eigenvalue weighted by molar-refractivity contribution is 5.89. The lowest BCUT2D eigenvalue weighted by molar-refractivity contribution is -0.145. The standard InChI is InChI=1S/C17H18O4/c1-11-7-8-13-14(10-21-17(19)15(11)13)16(18)20-9-12-5-3-2-4-6-12/h2-7,10,13,15,17,19H,8-9H2,1H3/t13-,15+,17?/m1/s1. The first-order valence-electron chi connectivity index (χ1n) is 7.08. The maximum absolute atomic E-state index is 12.3. The highest BCUT2D eigenvalue weighted by atomic mass is 16.6. The molecule has 0 fully saturated rings. The fourth-order valence-corrected chi connectivity index (χ4v) is 2.98. The quantitative estimate of drug-likeness (QED) is 0.685. The first-order chi connectivity index (χ1) is 10.2. The topological polar surface area (TPSA) is 55.8 Å². The molecular weight excluding hydrogens is 268 g/mol. The van der Waals surface area contributed by atoms with Crippen molar-refractivity contribution in [1.29, 1.82) is 0 Å². The molecule has 3 atom stereocenters. The van der Waals surface area contributed by atoms with Gasteiger partial charge in [0.2, 0.25) is 6.29 Å². The molecule has 0 amide bonds. The number of benzene rings is 1. The van der Waals surface area contributed by atoms with Gasteiger partial charge in [-0.25, -0.2) is 4.79 Å². The predicted molar refractivity (Wildman–Crippen MR) is 76.8 cm³/mol. The smallest absolute Gasteiger partial charge is 0.337 e. The van der Waals surface area contributed by atoms with E-state index in [2.05, 4.69) is 0 Å². The van der Waals surface area contributed by atoms with Crippen LogP contribution in [0.5, 0.6) is 0 Å². The van der Waals surface area contributed by atoms with Gasteiger partial charge in [-0.1, -0.05) is 42.0 Å². The van der Waals surface area contributed by atoms with E-state index in [9.17, 15) is 9.90 Å². The van der Waals surface area contributed by atoms with Crippen molar-refractivity contribution in [2.75, 3.05) is 0 Å². The SMILES string of the molecule is CC1=CC[C@@H]2C(C(=O)OCc3ccccc3)=COC(O)[C@@H]12. The number of ether oxygens (including phenoxy) is 2. The predicted octanol–water partition coefficient (Wildman–Crippen LogP) is 2.54. The molecule has 0 bridgehead atoms. The normalized spacial score (nSPS) is 27.2. The third kappa shape index (κ3) is 2.72. The van der Waals surface area contributed by atoms with E-state index < -0.39 is 6.29 Å². The number of allylic oxidation sites excluding steroid dienone is 1. The summed E-state index contributed by atoms with van der Waals surface area (Å²) >= 11 is 0. The van der Waals surface area contributed by atoms with Gasteiger partial charge in [-0.15, -0.1) is 0 Å². The molecule has 0 saturated carbocycles. The van der Waals surface area contributed by atoms with Gasteiger partial charge in [0.05, 0.1) is 11.8 Å². The second-order valence-corrected chi connectivity index (χ2v) is 5.48. The summed E-state index contributed by atoms with van der Waals surface area (Å²) < 4.78 is 10.6. The summed E-state index contributed by atoms with van der Waals surface area (Å²) in [6, 6.07) is 9.55. The molecule has 1 heterocycles. The summed E-state index contributed by atoms with van der Waals surface area (Å²) in [4.78, 5) is 12.3. The average molecular weight is 286 g/mol. The molecule has 4 heteroatoms. The minimum Gasteiger partial charge on any atom is -0.472 e. The number of fused-ring (bicyclic) bond motifs is 1. The number of aliphatic hydroxyl groups is 1. The first-order valence-corrected chi connectivity index (χ1v) is 7.08.